The highest BCUT2D eigenvalue weighted by Crippen LogP contribution is 1.97. The van der Waals surface area contributed by atoms with Crippen molar-refractivity contribution in [3.05, 3.63) is 0 Å². The van der Waals surface area contributed by atoms with Crippen molar-refractivity contribution in [2.75, 3.05) is 46.6 Å². The molecule has 0 rings (SSSR count). The number of rotatable bonds is 12. The maximum absolute atomic E-state index is 12.0. The predicted molar refractivity (Wildman–Crippen MR) is 97.5 cm³/mol. The summed E-state index contributed by atoms with van der Waals surface area (Å²) in [6.45, 7) is 0.522. The van der Waals surface area contributed by atoms with Gasteiger partial charge in [0.05, 0.1) is 27.2 Å². The number of aliphatic carboxylic acids is 1. The molecule has 0 aliphatic heterocycles. The highest BCUT2D eigenvalue weighted by atomic mass is 32.1. The Labute approximate surface area is 158 Å². The maximum Gasteiger partial charge on any atom is 0.325 e. The van der Waals surface area contributed by atoms with Crippen molar-refractivity contribution >= 4 is 36.4 Å². The molecule has 2 amide bonds. The van der Waals surface area contributed by atoms with Crippen LogP contribution in [0.2, 0.25) is 0 Å². The summed E-state index contributed by atoms with van der Waals surface area (Å²) < 4.78 is 5.64. The number of likely N-dealkylation sites (N-methyl/N-ethyl adjacent to an activating group) is 1. The van der Waals surface area contributed by atoms with Crippen molar-refractivity contribution in [1.82, 2.24) is 10.6 Å². The lowest BCUT2D eigenvalue weighted by Gasteiger charge is -2.23. The molecule has 2 atom stereocenters. The van der Waals surface area contributed by atoms with Crippen LogP contribution in [0.3, 0.4) is 0 Å². The normalized spacial score (nSPS) is 13.4. The van der Waals surface area contributed by atoms with E-state index in [4.69, 9.17) is 15.6 Å². The topological polar surface area (TPSA) is 148 Å². The molecule has 0 aliphatic carbocycles. The Balaban J connectivity index is 4.29. The van der Waals surface area contributed by atoms with Gasteiger partial charge in [0.15, 0.2) is 0 Å². The van der Waals surface area contributed by atoms with Crippen LogP contribution in [0, 0.1) is 0 Å². The number of carboxylic acid groups (broad SMARTS) is 1. The van der Waals surface area contributed by atoms with E-state index in [0.29, 0.717) is 11.0 Å². The van der Waals surface area contributed by atoms with Gasteiger partial charge in [-0.15, -0.1) is 0 Å². The zero-order chi connectivity index (χ0) is 20.3. The number of hydrogen-bond acceptors (Lipinski definition) is 7. The van der Waals surface area contributed by atoms with Gasteiger partial charge < -0.3 is 30.7 Å². The van der Waals surface area contributed by atoms with Crippen LogP contribution in [0.5, 0.6) is 0 Å². The third-order valence-corrected chi connectivity index (χ3v) is 3.62. The van der Waals surface area contributed by atoms with Gasteiger partial charge >= 0.3 is 11.9 Å². The van der Waals surface area contributed by atoms with E-state index in [0.717, 1.165) is 0 Å². The van der Waals surface area contributed by atoms with Crippen molar-refractivity contribution in [3.8, 4) is 0 Å². The van der Waals surface area contributed by atoms with E-state index in [1.807, 2.05) is 21.1 Å². The van der Waals surface area contributed by atoms with Crippen LogP contribution in [-0.4, -0.2) is 92.0 Å². The molecule has 0 aromatic rings. The molecule has 0 aromatic heterocycles. The van der Waals surface area contributed by atoms with E-state index in [1.54, 1.807) is 0 Å². The second-order valence-electron chi connectivity index (χ2n) is 6.73. The summed E-state index contributed by atoms with van der Waals surface area (Å²) >= 11 is 3.99. The Morgan fingerprint density at radius 1 is 1.19 bits per heavy atom. The number of amides is 2. The molecular weight excluding hydrogens is 364 g/mol. The Bertz CT molecular complexity index is 509. The van der Waals surface area contributed by atoms with E-state index >= 15 is 0 Å². The van der Waals surface area contributed by atoms with Gasteiger partial charge in [0, 0.05) is 12.2 Å². The van der Waals surface area contributed by atoms with Crippen LogP contribution >= 0.6 is 12.6 Å². The molecule has 0 aromatic carbocycles. The fraction of sp³-hybridized carbons (Fsp3) is 0.733. The van der Waals surface area contributed by atoms with Crippen LogP contribution in [0.4, 0.5) is 0 Å². The Hall–Kier alpha value is -1.85. The van der Waals surface area contributed by atoms with Gasteiger partial charge in [-0.1, -0.05) is 0 Å². The summed E-state index contributed by atoms with van der Waals surface area (Å²) in [6.07, 6.45) is -0.313. The Morgan fingerprint density at radius 3 is 2.31 bits per heavy atom. The zero-order valence-corrected chi connectivity index (χ0v) is 16.3. The molecule has 11 heteroatoms. The summed E-state index contributed by atoms with van der Waals surface area (Å²) in [5.41, 5.74) is 5.57. The molecule has 26 heavy (non-hydrogen) atoms. The minimum absolute atomic E-state index is 0.0141. The van der Waals surface area contributed by atoms with Crippen LogP contribution in [-0.2, 0) is 23.9 Å². The molecule has 0 saturated heterocycles. The highest BCUT2D eigenvalue weighted by molar-refractivity contribution is 7.80. The molecule has 0 bridgehead atoms. The van der Waals surface area contributed by atoms with Gasteiger partial charge in [0.25, 0.3) is 0 Å². The van der Waals surface area contributed by atoms with E-state index in [9.17, 15) is 19.2 Å². The number of quaternary nitrogens is 1. The minimum Gasteiger partial charge on any atom is -0.481 e. The molecule has 0 unspecified atom stereocenters. The third kappa shape index (κ3) is 11.7. The fourth-order valence-corrected chi connectivity index (χ4v) is 1.91. The molecule has 0 aliphatic rings. The number of nitrogens with two attached hydrogens (primary N) is 1. The molecule has 150 valence electrons. The first kappa shape index (κ1) is 24.1. The number of carboxylic acids is 1. The van der Waals surface area contributed by atoms with Crippen molar-refractivity contribution in [1.29, 1.82) is 0 Å². The molecule has 0 fully saturated rings. The van der Waals surface area contributed by atoms with Crippen LogP contribution < -0.4 is 16.4 Å². The monoisotopic (exact) mass is 393 g/mol. The van der Waals surface area contributed by atoms with Crippen LogP contribution in [0.25, 0.3) is 0 Å². The number of nitrogens with one attached hydrogen (secondary N) is 2. The van der Waals surface area contributed by atoms with Gasteiger partial charge in [-0.25, -0.2) is 0 Å². The fourth-order valence-electron chi connectivity index (χ4n) is 1.65. The van der Waals surface area contributed by atoms with Crippen molar-refractivity contribution in [3.63, 3.8) is 0 Å². The van der Waals surface area contributed by atoms with E-state index in [2.05, 4.69) is 23.3 Å². The summed E-state index contributed by atoms with van der Waals surface area (Å²) in [5.74, 6) is -2.94. The van der Waals surface area contributed by atoms with Gasteiger partial charge in [-0.3, -0.25) is 19.2 Å². The summed E-state index contributed by atoms with van der Waals surface area (Å²) in [7, 11) is 5.87. The summed E-state index contributed by atoms with van der Waals surface area (Å²) in [5, 5.41) is 13.3. The number of nitrogens with zero attached hydrogens (tertiary/aromatic N) is 1. The smallest absolute Gasteiger partial charge is 0.325 e. The van der Waals surface area contributed by atoms with Gasteiger partial charge in [0.2, 0.25) is 11.8 Å². The SMILES string of the molecule is C[N+](C)(C)CCOC(=O)CNC(=O)[C@@H](CS)NC(=O)[C@H](N)CCC(=O)O. The van der Waals surface area contributed by atoms with E-state index < -0.39 is 35.8 Å². The number of hydrogen-bond donors (Lipinski definition) is 5. The van der Waals surface area contributed by atoms with Crippen molar-refractivity contribution < 1.29 is 33.5 Å². The van der Waals surface area contributed by atoms with Crippen LogP contribution in [0.1, 0.15) is 12.8 Å². The lowest BCUT2D eigenvalue weighted by atomic mass is 10.1. The maximum atomic E-state index is 12.0. The largest absolute Gasteiger partial charge is 0.481 e. The summed E-state index contributed by atoms with van der Waals surface area (Å²) in [4.78, 5) is 46.0. The lowest BCUT2D eigenvalue weighted by molar-refractivity contribution is -0.870. The van der Waals surface area contributed by atoms with Crippen molar-refractivity contribution in [2.45, 2.75) is 24.9 Å². The van der Waals surface area contributed by atoms with Gasteiger partial charge in [-0.05, 0) is 6.42 Å². The molecular formula is C15H29N4O6S+. The lowest BCUT2D eigenvalue weighted by Crippen LogP contribution is -2.53. The molecule has 0 heterocycles. The average molecular weight is 393 g/mol. The first-order chi connectivity index (χ1) is 12.0. The Kier molecular flexibility index (Phi) is 10.9. The number of thiol groups is 1. The molecule has 5 N–H and O–H groups in total. The Morgan fingerprint density at radius 2 is 1.81 bits per heavy atom. The molecule has 10 nitrogen and oxygen atoms in total. The molecule has 0 radical (unpaired) electrons. The first-order valence-corrected chi connectivity index (χ1v) is 8.72. The summed E-state index contributed by atoms with van der Waals surface area (Å²) in [6, 6.07) is -2.05. The second-order valence-corrected chi connectivity index (χ2v) is 7.10. The van der Waals surface area contributed by atoms with E-state index in [-0.39, 0.29) is 31.7 Å². The molecule has 0 saturated carbocycles. The number of carbonyl (C=O) groups excluding carboxylic acids is 3. The van der Waals surface area contributed by atoms with E-state index in [1.165, 1.54) is 0 Å². The predicted octanol–water partition coefficient (Wildman–Crippen LogP) is -2.04. The average Bonchev–Trinajstić information content (AvgIpc) is 2.53. The van der Waals surface area contributed by atoms with Crippen LogP contribution in [0.15, 0.2) is 0 Å². The van der Waals surface area contributed by atoms with Crippen molar-refractivity contribution in [2.24, 2.45) is 5.73 Å². The van der Waals surface area contributed by atoms with Gasteiger partial charge in [-0.2, -0.15) is 12.6 Å². The number of esters is 1. The minimum atomic E-state index is -1.07. The van der Waals surface area contributed by atoms with Gasteiger partial charge in [0.1, 0.15) is 25.7 Å². The zero-order valence-electron chi connectivity index (χ0n) is 15.4. The quantitative estimate of drug-likeness (QED) is 0.146. The first-order valence-electron chi connectivity index (χ1n) is 8.08. The second kappa shape index (κ2) is 11.7. The standard InChI is InChI=1S/C15H28N4O6S/c1-19(2,3)6-7-25-13(22)8-17-15(24)11(9-26)18-14(23)10(16)4-5-12(20)21/h10-11H,4-9,16H2,1-3H3,(H3-,17,18,20,21,23,24,26)/p+1/t10-,11-/m1/s1. The highest BCUT2D eigenvalue weighted by Gasteiger charge is 2.23. The number of carbonyl (C=O) groups is 4. The number of ether oxygens (including phenoxy) is 1. The molecule has 0 spiro atoms. The third-order valence-electron chi connectivity index (χ3n) is 3.25.